The molecule has 6 N–H and O–H groups in total. The minimum atomic E-state index is -4.89. The first-order chi connectivity index (χ1) is 6.00. The standard InChI is InChI=1S/K.3H3O4P.O/c;3*1-5(2,3)4;/h;3*(H3,1,2,3,4);/q+1;;;;+2/p-3. The summed E-state index contributed by atoms with van der Waals surface area (Å²) in [6.45, 7) is 0. The van der Waals surface area contributed by atoms with E-state index in [2.05, 4.69) is 0 Å². The second-order valence-corrected chi connectivity index (χ2v) is 4.42. The van der Waals surface area contributed by atoms with Crippen LogP contribution in [-0.4, -0.2) is 29.4 Å². The van der Waals surface area contributed by atoms with E-state index in [1.165, 1.54) is 0 Å². The van der Waals surface area contributed by atoms with Crippen molar-refractivity contribution in [2.24, 2.45) is 0 Å². The van der Waals surface area contributed by atoms with Gasteiger partial charge in [0.2, 0.25) is 0 Å². The number of hydrogen-bond acceptors (Lipinski definition) is 6. The van der Waals surface area contributed by atoms with Crippen molar-refractivity contribution in [2.75, 3.05) is 0 Å². The molecule has 0 heterocycles. The van der Waals surface area contributed by atoms with Crippen molar-refractivity contribution in [3.05, 3.63) is 0 Å². The first kappa shape index (κ1) is 31.4. The summed E-state index contributed by atoms with van der Waals surface area (Å²) in [5.41, 5.74) is 0. The average Bonchev–Trinajstić information content (AvgIpc) is 1.41. The zero-order valence-electron chi connectivity index (χ0n) is 7.88. The molecule has 100 valence electrons. The van der Waals surface area contributed by atoms with Gasteiger partial charge in [-0.05, 0) is 0 Å². The van der Waals surface area contributed by atoms with Crippen LogP contribution in [0.4, 0.5) is 0 Å². The Morgan fingerprint density at radius 3 is 0.588 bits per heavy atom. The molecule has 0 fully saturated rings. The van der Waals surface area contributed by atoms with E-state index in [1.807, 2.05) is 0 Å². The zero-order chi connectivity index (χ0) is 13.5. The van der Waals surface area contributed by atoms with Crippen molar-refractivity contribution in [2.45, 2.75) is 0 Å². The van der Waals surface area contributed by atoms with Gasteiger partial charge < -0.3 is 44.0 Å². The maximum Gasteiger partial charge on any atom is 2.00 e. The summed E-state index contributed by atoms with van der Waals surface area (Å²) in [7, 11) is -14.7. The van der Waals surface area contributed by atoms with E-state index in [0.717, 1.165) is 0 Å². The van der Waals surface area contributed by atoms with Crippen molar-refractivity contribution in [1.29, 1.82) is 0 Å². The van der Waals surface area contributed by atoms with Gasteiger partial charge in [-0.3, -0.25) is 13.7 Å². The maximum absolute atomic E-state index is 8.77. The fourth-order valence-electron chi connectivity index (χ4n) is 0. The molecule has 0 saturated heterocycles. The molecule has 0 unspecified atom stereocenters. The number of hydrogen-bond donors (Lipinski definition) is 6. The van der Waals surface area contributed by atoms with Crippen LogP contribution in [0.1, 0.15) is 0 Å². The molecule has 17 heavy (non-hydrogen) atoms. The minimum Gasteiger partial charge on any atom is -0.756 e. The Kier molecular flexibility index (Phi) is 23.9. The summed E-state index contributed by atoms with van der Waals surface area (Å²) in [6, 6.07) is 0. The topological polar surface area (TPSA) is 270 Å². The fraction of sp³-hybridized carbons (Fsp3) is 0. The van der Waals surface area contributed by atoms with Gasteiger partial charge in [0, 0.05) is 0 Å². The van der Waals surface area contributed by atoms with Gasteiger partial charge in [0.1, 0.15) is 0 Å². The van der Waals surface area contributed by atoms with E-state index in [-0.39, 0.29) is 56.9 Å². The predicted octanol–water partition coefficient (Wildman–Crippen LogP) is -7.80. The summed E-state index contributed by atoms with van der Waals surface area (Å²) in [5.74, 6) is 0. The Balaban J connectivity index is -0.0000000400. The average molecular weight is 346 g/mol. The smallest absolute Gasteiger partial charge is 0.756 e. The van der Waals surface area contributed by atoms with Crippen LogP contribution in [-0.2, 0) is 19.2 Å². The van der Waals surface area contributed by atoms with Crippen molar-refractivity contribution < 1.29 is 115 Å². The molecule has 0 rings (SSSR count). The molecule has 0 aliphatic rings. The van der Waals surface area contributed by atoms with Gasteiger partial charge >= 0.3 is 56.9 Å². The molecule has 17 heteroatoms. The van der Waals surface area contributed by atoms with E-state index in [9.17, 15) is 0 Å². The van der Waals surface area contributed by atoms with Crippen LogP contribution in [0.15, 0.2) is 0 Å². The fourth-order valence-corrected chi connectivity index (χ4v) is 0. The second kappa shape index (κ2) is 12.9. The first-order valence-electron chi connectivity index (χ1n) is 2.30. The molecule has 0 atom stereocenters. The largest absolute Gasteiger partial charge is 2.00 e. The van der Waals surface area contributed by atoms with Gasteiger partial charge in [-0.15, -0.1) is 0 Å². The van der Waals surface area contributed by atoms with Gasteiger partial charge in [0.15, 0.2) is 0 Å². The molecule has 0 bridgehead atoms. The molecule has 0 aromatic heterocycles. The van der Waals surface area contributed by atoms with Gasteiger partial charge in [-0.2, -0.15) is 0 Å². The molecule has 0 amide bonds. The molecule has 4 radical (unpaired) electrons. The molecular weight excluding hydrogens is 340 g/mol. The third-order valence-corrected chi connectivity index (χ3v) is 0. The SMILES string of the molecule is O=P([O-])(O)O.O=P([O-])(O)O.O=P([O-])(O)O.[K+].[O+2]. The summed E-state index contributed by atoms with van der Waals surface area (Å²) in [6.07, 6.45) is 0. The summed E-state index contributed by atoms with van der Waals surface area (Å²) in [4.78, 5) is 68.8. The molecule has 0 aromatic carbocycles. The Morgan fingerprint density at radius 1 is 0.588 bits per heavy atom. The van der Waals surface area contributed by atoms with Crippen molar-refractivity contribution in [1.82, 2.24) is 0 Å². The van der Waals surface area contributed by atoms with Crippen LogP contribution in [0.2, 0.25) is 0 Å². The van der Waals surface area contributed by atoms with Gasteiger partial charge in [-0.25, -0.2) is 0 Å². The Hall–Kier alpha value is 1.93. The quantitative estimate of drug-likeness (QED) is 0.176. The molecule has 0 aliphatic carbocycles. The molecule has 0 saturated carbocycles. The summed E-state index contributed by atoms with van der Waals surface area (Å²) >= 11 is 0. The number of rotatable bonds is 0. The van der Waals surface area contributed by atoms with Crippen LogP contribution in [0.5, 0.6) is 0 Å². The van der Waals surface area contributed by atoms with Gasteiger partial charge in [-0.1, -0.05) is 0 Å². The first-order valence-corrected chi connectivity index (χ1v) is 6.89. The van der Waals surface area contributed by atoms with E-state index >= 15 is 0 Å². The van der Waals surface area contributed by atoms with E-state index in [0.29, 0.717) is 0 Å². The van der Waals surface area contributed by atoms with Crippen LogP contribution in [0.3, 0.4) is 0 Å². The Labute approximate surface area is 137 Å². The van der Waals surface area contributed by atoms with Crippen LogP contribution in [0, 0.1) is 0 Å². The molecule has 0 aliphatic heterocycles. The van der Waals surface area contributed by atoms with Crippen LogP contribution in [0.25, 0.3) is 0 Å². The number of phosphoric acid groups is 3. The van der Waals surface area contributed by atoms with Crippen LogP contribution < -0.4 is 66.1 Å². The summed E-state index contributed by atoms with van der Waals surface area (Å²) < 4.78 is 26.3. The van der Waals surface area contributed by atoms with Crippen molar-refractivity contribution in [3.63, 3.8) is 0 Å². The third-order valence-electron chi connectivity index (χ3n) is 0. The van der Waals surface area contributed by atoms with Gasteiger partial charge in [0.05, 0.1) is 0 Å². The maximum atomic E-state index is 8.77. The van der Waals surface area contributed by atoms with Gasteiger partial charge in [0.25, 0.3) is 23.5 Å². The second-order valence-electron chi connectivity index (χ2n) is 1.47. The minimum absolute atomic E-state index is 0. The third kappa shape index (κ3) is 1230. The summed E-state index contributed by atoms with van der Waals surface area (Å²) in [5, 5.41) is 0. The Bertz CT molecular complexity index is 203. The predicted molar refractivity (Wildman–Crippen MR) is 36.8 cm³/mol. The zero-order valence-corrected chi connectivity index (χ0v) is 13.7. The molecular formula is H6KO13P3. The Morgan fingerprint density at radius 2 is 0.588 bits per heavy atom. The van der Waals surface area contributed by atoms with E-state index < -0.39 is 23.5 Å². The van der Waals surface area contributed by atoms with E-state index in [4.69, 9.17) is 57.7 Å². The van der Waals surface area contributed by atoms with Crippen molar-refractivity contribution >= 4 is 23.5 Å². The monoisotopic (exact) mass is 346 g/mol. The normalized spacial score (nSPS) is 10.4. The van der Waals surface area contributed by atoms with Crippen LogP contribution >= 0.6 is 23.5 Å². The van der Waals surface area contributed by atoms with Crippen molar-refractivity contribution in [3.8, 4) is 0 Å². The molecule has 13 nitrogen and oxygen atoms in total. The molecule has 0 aromatic rings. The van der Waals surface area contributed by atoms with E-state index in [1.54, 1.807) is 0 Å². The molecule has 0 spiro atoms.